The molecule has 0 radical (unpaired) electrons. The molecule has 0 aliphatic heterocycles. The highest BCUT2D eigenvalue weighted by Gasteiger charge is 2.29. The average molecular weight is 288 g/mol. The SMILES string of the molecule is CCC(C)(C)N(C)C(=O)N[C@@H](CCC(=O)OC)C(=O)O. The summed E-state index contributed by atoms with van der Waals surface area (Å²) in [6.45, 7) is 5.71. The Morgan fingerprint density at radius 2 is 1.90 bits per heavy atom. The summed E-state index contributed by atoms with van der Waals surface area (Å²) >= 11 is 0. The third-order valence-corrected chi connectivity index (χ3v) is 3.54. The second kappa shape index (κ2) is 7.72. The van der Waals surface area contributed by atoms with E-state index >= 15 is 0 Å². The lowest BCUT2D eigenvalue weighted by atomic mass is 10.0. The van der Waals surface area contributed by atoms with Crippen LogP contribution in [0.15, 0.2) is 0 Å². The Hall–Kier alpha value is -1.79. The van der Waals surface area contributed by atoms with Crippen molar-refractivity contribution in [3.63, 3.8) is 0 Å². The molecule has 0 aromatic carbocycles. The first-order valence-electron chi connectivity index (χ1n) is 6.49. The molecule has 0 spiro atoms. The van der Waals surface area contributed by atoms with Gasteiger partial charge in [-0.3, -0.25) is 4.79 Å². The number of nitrogens with one attached hydrogen (secondary N) is 1. The molecule has 2 amide bonds. The summed E-state index contributed by atoms with van der Waals surface area (Å²) in [7, 11) is 2.84. The zero-order valence-electron chi connectivity index (χ0n) is 12.7. The highest BCUT2D eigenvalue weighted by atomic mass is 16.5. The number of rotatable bonds is 7. The molecule has 20 heavy (non-hydrogen) atoms. The molecule has 0 unspecified atom stereocenters. The van der Waals surface area contributed by atoms with E-state index in [1.54, 1.807) is 7.05 Å². The van der Waals surface area contributed by atoms with Crippen molar-refractivity contribution in [2.45, 2.75) is 51.6 Å². The van der Waals surface area contributed by atoms with Crippen molar-refractivity contribution in [1.82, 2.24) is 10.2 Å². The fourth-order valence-electron chi connectivity index (χ4n) is 1.38. The van der Waals surface area contributed by atoms with E-state index in [2.05, 4.69) is 10.1 Å². The van der Waals surface area contributed by atoms with Crippen molar-refractivity contribution in [3.8, 4) is 0 Å². The largest absolute Gasteiger partial charge is 0.480 e. The molecular weight excluding hydrogens is 264 g/mol. The van der Waals surface area contributed by atoms with Gasteiger partial charge in [0.2, 0.25) is 0 Å². The molecule has 0 bridgehead atoms. The van der Waals surface area contributed by atoms with Gasteiger partial charge in [0.25, 0.3) is 0 Å². The monoisotopic (exact) mass is 288 g/mol. The summed E-state index contributed by atoms with van der Waals surface area (Å²) in [6, 6.07) is -1.59. The van der Waals surface area contributed by atoms with Crippen LogP contribution in [0, 0.1) is 0 Å². The summed E-state index contributed by atoms with van der Waals surface area (Å²) in [5.41, 5.74) is -0.379. The predicted molar refractivity (Wildman–Crippen MR) is 73.3 cm³/mol. The number of carboxylic acids is 1. The molecule has 2 N–H and O–H groups in total. The van der Waals surface area contributed by atoms with Crippen LogP contribution in [0.3, 0.4) is 0 Å². The minimum atomic E-state index is -1.18. The Balaban J connectivity index is 4.64. The van der Waals surface area contributed by atoms with Crippen LogP contribution in [-0.4, -0.2) is 53.7 Å². The molecule has 0 heterocycles. The lowest BCUT2D eigenvalue weighted by Gasteiger charge is -2.35. The standard InChI is InChI=1S/C13H24N2O5/c1-6-13(2,3)15(4)12(19)14-9(11(17)18)7-8-10(16)20-5/h9H,6-8H2,1-5H3,(H,14,19)(H,17,18)/t9-/m0/s1. The van der Waals surface area contributed by atoms with Crippen LogP contribution in [0.4, 0.5) is 4.79 Å². The van der Waals surface area contributed by atoms with Crippen molar-refractivity contribution in [1.29, 1.82) is 0 Å². The predicted octanol–water partition coefficient (Wildman–Crippen LogP) is 1.22. The number of nitrogens with zero attached hydrogens (tertiary/aromatic N) is 1. The maximum absolute atomic E-state index is 12.0. The van der Waals surface area contributed by atoms with Gasteiger partial charge in [-0.2, -0.15) is 0 Å². The number of amides is 2. The lowest BCUT2D eigenvalue weighted by molar-refractivity contribution is -0.142. The Labute approximate surface area is 119 Å². The molecule has 7 heteroatoms. The van der Waals surface area contributed by atoms with Gasteiger partial charge in [-0.15, -0.1) is 0 Å². The number of ether oxygens (including phenoxy) is 1. The zero-order valence-corrected chi connectivity index (χ0v) is 12.7. The Morgan fingerprint density at radius 3 is 2.30 bits per heavy atom. The first kappa shape index (κ1) is 18.2. The van der Waals surface area contributed by atoms with Gasteiger partial charge in [0.15, 0.2) is 0 Å². The molecule has 1 atom stereocenters. The molecule has 0 saturated heterocycles. The van der Waals surface area contributed by atoms with Crippen molar-refractivity contribution < 1.29 is 24.2 Å². The maximum atomic E-state index is 12.0. The van der Waals surface area contributed by atoms with Gasteiger partial charge in [0.1, 0.15) is 6.04 Å². The van der Waals surface area contributed by atoms with Crippen LogP contribution in [0.5, 0.6) is 0 Å². The van der Waals surface area contributed by atoms with Gasteiger partial charge < -0.3 is 20.1 Å². The fourth-order valence-corrected chi connectivity index (χ4v) is 1.38. The van der Waals surface area contributed by atoms with E-state index < -0.39 is 24.0 Å². The van der Waals surface area contributed by atoms with E-state index in [1.807, 2.05) is 20.8 Å². The fraction of sp³-hybridized carbons (Fsp3) is 0.769. The minimum Gasteiger partial charge on any atom is -0.480 e. The number of carbonyl (C=O) groups is 3. The van der Waals surface area contributed by atoms with E-state index in [0.717, 1.165) is 6.42 Å². The van der Waals surface area contributed by atoms with Crippen LogP contribution in [-0.2, 0) is 14.3 Å². The number of carbonyl (C=O) groups excluding carboxylic acids is 2. The topological polar surface area (TPSA) is 95.9 Å². The van der Waals surface area contributed by atoms with Crippen LogP contribution >= 0.6 is 0 Å². The number of urea groups is 1. The van der Waals surface area contributed by atoms with Gasteiger partial charge in [-0.05, 0) is 26.7 Å². The van der Waals surface area contributed by atoms with Crippen LogP contribution < -0.4 is 5.32 Å². The van der Waals surface area contributed by atoms with Gasteiger partial charge in [0.05, 0.1) is 7.11 Å². The molecule has 0 rings (SSSR count). The molecule has 0 aliphatic rings. The van der Waals surface area contributed by atoms with E-state index in [4.69, 9.17) is 5.11 Å². The Morgan fingerprint density at radius 1 is 1.35 bits per heavy atom. The van der Waals surface area contributed by atoms with E-state index in [0.29, 0.717) is 0 Å². The normalized spacial score (nSPS) is 12.4. The molecule has 0 saturated carbocycles. The number of carboxylic acid groups (broad SMARTS) is 1. The maximum Gasteiger partial charge on any atom is 0.326 e. The first-order chi connectivity index (χ1) is 9.15. The summed E-state index contributed by atoms with van der Waals surface area (Å²) in [5, 5.41) is 11.5. The number of hydrogen-bond donors (Lipinski definition) is 2. The number of methoxy groups -OCH3 is 1. The minimum absolute atomic E-state index is 0.00581. The van der Waals surface area contributed by atoms with Gasteiger partial charge in [-0.1, -0.05) is 6.92 Å². The second-order valence-electron chi connectivity index (χ2n) is 5.18. The number of esters is 1. The van der Waals surface area contributed by atoms with E-state index in [1.165, 1.54) is 12.0 Å². The number of hydrogen-bond acceptors (Lipinski definition) is 4. The molecule has 7 nitrogen and oxygen atoms in total. The summed E-state index contributed by atoms with van der Waals surface area (Å²) in [6.07, 6.45) is 0.666. The Kier molecular flexibility index (Phi) is 7.02. The van der Waals surface area contributed by atoms with Gasteiger partial charge in [0, 0.05) is 19.0 Å². The van der Waals surface area contributed by atoms with Crippen LogP contribution in [0.25, 0.3) is 0 Å². The lowest BCUT2D eigenvalue weighted by Crippen LogP contribution is -2.53. The molecule has 0 aromatic heterocycles. The Bertz CT molecular complexity index is 368. The molecule has 116 valence electrons. The molecular formula is C13H24N2O5. The first-order valence-corrected chi connectivity index (χ1v) is 6.49. The smallest absolute Gasteiger partial charge is 0.326 e. The van der Waals surface area contributed by atoms with Crippen LogP contribution in [0.2, 0.25) is 0 Å². The van der Waals surface area contributed by atoms with Crippen molar-refractivity contribution >= 4 is 18.0 Å². The molecule has 0 aliphatic carbocycles. The molecule has 0 fully saturated rings. The third kappa shape index (κ3) is 5.46. The van der Waals surface area contributed by atoms with E-state index in [-0.39, 0.29) is 18.4 Å². The summed E-state index contributed by atoms with van der Waals surface area (Å²) in [5.74, 6) is -1.68. The average Bonchev–Trinajstić information content (AvgIpc) is 2.41. The van der Waals surface area contributed by atoms with Gasteiger partial charge >= 0.3 is 18.0 Å². The van der Waals surface area contributed by atoms with E-state index in [9.17, 15) is 14.4 Å². The third-order valence-electron chi connectivity index (χ3n) is 3.54. The van der Waals surface area contributed by atoms with Crippen LogP contribution in [0.1, 0.15) is 40.0 Å². The van der Waals surface area contributed by atoms with Crippen molar-refractivity contribution in [3.05, 3.63) is 0 Å². The summed E-state index contributed by atoms with van der Waals surface area (Å²) < 4.78 is 4.45. The van der Waals surface area contributed by atoms with Crippen molar-refractivity contribution in [2.24, 2.45) is 0 Å². The summed E-state index contributed by atoms with van der Waals surface area (Å²) in [4.78, 5) is 35.6. The highest BCUT2D eigenvalue weighted by Crippen LogP contribution is 2.16. The zero-order chi connectivity index (χ0) is 15.9. The molecule has 0 aromatic rings. The quantitative estimate of drug-likeness (QED) is 0.687. The number of aliphatic carboxylic acids is 1. The van der Waals surface area contributed by atoms with Gasteiger partial charge in [-0.25, -0.2) is 9.59 Å². The second-order valence-corrected chi connectivity index (χ2v) is 5.18. The highest BCUT2D eigenvalue weighted by molar-refractivity contribution is 5.83. The van der Waals surface area contributed by atoms with Crippen molar-refractivity contribution in [2.75, 3.05) is 14.2 Å².